The standard InChI is InChI=1S/C16H17N3O/c1-17-14-4-2-3-13(11-14)12-5-7-15(8-6-12)19-10-9-18-16(19)20/h2-8,11,17H,9-10H2,1H3,(H,18,20). The van der Waals surface area contributed by atoms with Gasteiger partial charge in [0, 0.05) is 31.5 Å². The average molecular weight is 267 g/mol. The van der Waals surface area contributed by atoms with Crippen LogP contribution in [0.25, 0.3) is 11.1 Å². The van der Waals surface area contributed by atoms with Crippen molar-refractivity contribution in [3.63, 3.8) is 0 Å². The molecule has 2 aromatic carbocycles. The third-order valence-electron chi connectivity index (χ3n) is 3.52. The molecule has 1 heterocycles. The molecule has 0 bridgehead atoms. The van der Waals surface area contributed by atoms with E-state index < -0.39 is 0 Å². The van der Waals surface area contributed by atoms with Crippen LogP contribution in [0.5, 0.6) is 0 Å². The predicted molar refractivity (Wildman–Crippen MR) is 82.2 cm³/mol. The van der Waals surface area contributed by atoms with Crippen LogP contribution in [0, 0.1) is 0 Å². The highest BCUT2D eigenvalue weighted by Crippen LogP contribution is 2.25. The second-order valence-corrected chi connectivity index (χ2v) is 4.76. The Labute approximate surface area is 118 Å². The fourth-order valence-electron chi connectivity index (χ4n) is 2.41. The van der Waals surface area contributed by atoms with Crippen LogP contribution < -0.4 is 15.5 Å². The van der Waals surface area contributed by atoms with Crippen LogP contribution in [0.3, 0.4) is 0 Å². The summed E-state index contributed by atoms with van der Waals surface area (Å²) in [6, 6.07) is 16.3. The summed E-state index contributed by atoms with van der Waals surface area (Å²) < 4.78 is 0. The highest BCUT2D eigenvalue weighted by molar-refractivity contribution is 5.94. The summed E-state index contributed by atoms with van der Waals surface area (Å²) in [4.78, 5) is 13.4. The van der Waals surface area contributed by atoms with Crippen LogP contribution in [0.4, 0.5) is 16.2 Å². The van der Waals surface area contributed by atoms with Crippen LogP contribution in [-0.2, 0) is 0 Å². The molecule has 2 N–H and O–H groups in total. The van der Waals surface area contributed by atoms with E-state index in [1.165, 1.54) is 0 Å². The van der Waals surface area contributed by atoms with Crippen LogP contribution in [0.15, 0.2) is 48.5 Å². The van der Waals surface area contributed by atoms with Gasteiger partial charge in [0.15, 0.2) is 0 Å². The number of anilines is 2. The predicted octanol–water partition coefficient (Wildman–Crippen LogP) is 2.92. The molecule has 1 aliphatic heterocycles. The molecular formula is C16H17N3O. The minimum Gasteiger partial charge on any atom is -0.388 e. The lowest BCUT2D eigenvalue weighted by atomic mass is 10.0. The first-order chi connectivity index (χ1) is 9.78. The first-order valence-electron chi connectivity index (χ1n) is 6.71. The Hall–Kier alpha value is -2.49. The Bertz CT molecular complexity index is 622. The van der Waals surface area contributed by atoms with Crippen molar-refractivity contribution in [3.8, 4) is 11.1 Å². The molecule has 102 valence electrons. The number of hydrogen-bond acceptors (Lipinski definition) is 2. The molecule has 2 aromatic rings. The van der Waals surface area contributed by atoms with E-state index in [4.69, 9.17) is 0 Å². The molecule has 2 amide bonds. The van der Waals surface area contributed by atoms with Crippen molar-refractivity contribution < 1.29 is 4.79 Å². The van der Waals surface area contributed by atoms with Gasteiger partial charge in [-0.25, -0.2) is 4.79 Å². The number of rotatable bonds is 3. The molecule has 4 nitrogen and oxygen atoms in total. The summed E-state index contributed by atoms with van der Waals surface area (Å²) in [7, 11) is 1.91. The van der Waals surface area contributed by atoms with Gasteiger partial charge in [-0.1, -0.05) is 24.3 Å². The molecule has 0 unspecified atom stereocenters. The van der Waals surface area contributed by atoms with Crippen LogP contribution in [0.2, 0.25) is 0 Å². The van der Waals surface area contributed by atoms with Crippen molar-refractivity contribution in [2.24, 2.45) is 0 Å². The SMILES string of the molecule is CNc1cccc(-c2ccc(N3CCNC3=O)cc2)c1. The number of carbonyl (C=O) groups is 1. The van der Waals surface area contributed by atoms with E-state index in [0.29, 0.717) is 6.54 Å². The molecular weight excluding hydrogens is 250 g/mol. The second kappa shape index (κ2) is 5.25. The fourth-order valence-corrected chi connectivity index (χ4v) is 2.41. The zero-order valence-corrected chi connectivity index (χ0v) is 11.4. The molecule has 0 aromatic heterocycles. The van der Waals surface area contributed by atoms with E-state index in [2.05, 4.69) is 34.9 Å². The van der Waals surface area contributed by atoms with Gasteiger partial charge in [-0.2, -0.15) is 0 Å². The molecule has 20 heavy (non-hydrogen) atoms. The molecule has 4 heteroatoms. The second-order valence-electron chi connectivity index (χ2n) is 4.76. The number of carbonyl (C=O) groups excluding carboxylic acids is 1. The van der Waals surface area contributed by atoms with Gasteiger partial charge in [-0.05, 0) is 35.4 Å². The van der Waals surface area contributed by atoms with Crippen molar-refractivity contribution in [1.82, 2.24) is 5.32 Å². The van der Waals surface area contributed by atoms with E-state index >= 15 is 0 Å². The number of benzene rings is 2. The minimum atomic E-state index is -0.0186. The molecule has 0 spiro atoms. The number of urea groups is 1. The monoisotopic (exact) mass is 267 g/mol. The molecule has 1 aliphatic rings. The zero-order chi connectivity index (χ0) is 13.9. The summed E-state index contributed by atoms with van der Waals surface area (Å²) >= 11 is 0. The maximum absolute atomic E-state index is 11.6. The summed E-state index contributed by atoms with van der Waals surface area (Å²) in [5.74, 6) is 0. The zero-order valence-electron chi connectivity index (χ0n) is 11.4. The van der Waals surface area contributed by atoms with Gasteiger partial charge in [0.1, 0.15) is 0 Å². The average Bonchev–Trinajstić information content (AvgIpc) is 2.94. The Balaban J connectivity index is 1.87. The fraction of sp³-hybridized carbons (Fsp3) is 0.188. The van der Waals surface area contributed by atoms with Gasteiger partial charge in [0.25, 0.3) is 0 Å². The Morgan fingerprint density at radius 3 is 2.55 bits per heavy atom. The highest BCUT2D eigenvalue weighted by atomic mass is 16.2. The first-order valence-corrected chi connectivity index (χ1v) is 6.71. The number of amides is 2. The van der Waals surface area contributed by atoms with E-state index in [1.54, 1.807) is 4.90 Å². The number of nitrogens with one attached hydrogen (secondary N) is 2. The maximum Gasteiger partial charge on any atom is 0.321 e. The van der Waals surface area contributed by atoms with Crippen molar-refractivity contribution in [2.45, 2.75) is 0 Å². The Kier molecular flexibility index (Phi) is 3.29. The van der Waals surface area contributed by atoms with E-state index in [1.807, 2.05) is 31.3 Å². The number of nitrogens with zero attached hydrogens (tertiary/aromatic N) is 1. The van der Waals surface area contributed by atoms with Gasteiger partial charge in [0.05, 0.1) is 0 Å². The van der Waals surface area contributed by atoms with Crippen molar-refractivity contribution in [2.75, 3.05) is 30.4 Å². The van der Waals surface area contributed by atoms with Gasteiger partial charge in [0.2, 0.25) is 0 Å². The third kappa shape index (κ3) is 2.32. The highest BCUT2D eigenvalue weighted by Gasteiger charge is 2.20. The topological polar surface area (TPSA) is 44.4 Å². The molecule has 0 atom stereocenters. The van der Waals surface area contributed by atoms with Gasteiger partial charge < -0.3 is 10.6 Å². The Morgan fingerprint density at radius 1 is 1.10 bits per heavy atom. The molecule has 1 saturated heterocycles. The number of hydrogen-bond donors (Lipinski definition) is 2. The Morgan fingerprint density at radius 2 is 1.90 bits per heavy atom. The van der Waals surface area contributed by atoms with E-state index in [-0.39, 0.29) is 6.03 Å². The summed E-state index contributed by atoms with van der Waals surface area (Å²) in [6.45, 7) is 1.44. The lowest BCUT2D eigenvalue weighted by Gasteiger charge is -2.14. The normalized spacial score (nSPS) is 14.2. The van der Waals surface area contributed by atoms with Gasteiger partial charge >= 0.3 is 6.03 Å². The van der Waals surface area contributed by atoms with Crippen LogP contribution in [-0.4, -0.2) is 26.2 Å². The lowest BCUT2D eigenvalue weighted by molar-refractivity contribution is 0.252. The summed E-state index contributed by atoms with van der Waals surface area (Å²) in [6.07, 6.45) is 0. The third-order valence-corrected chi connectivity index (χ3v) is 3.52. The maximum atomic E-state index is 11.6. The summed E-state index contributed by atoms with van der Waals surface area (Å²) in [5, 5.41) is 5.95. The van der Waals surface area contributed by atoms with Crippen molar-refractivity contribution in [3.05, 3.63) is 48.5 Å². The first kappa shape index (κ1) is 12.5. The molecule has 3 rings (SSSR count). The summed E-state index contributed by atoms with van der Waals surface area (Å²) in [5.41, 5.74) is 4.33. The smallest absolute Gasteiger partial charge is 0.321 e. The molecule has 0 saturated carbocycles. The van der Waals surface area contributed by atoms with Gasteiger partial charge in [-0.3, -0.25) is 4.90 Å². The van der Waals surface area contributed by atoms with Crippen molar-refractivity contribution in [1.29, 1.82) is 0 Å². The molecule has 0 aliphatic carbocycles. The molecule has 1 fully saturated rings. The van der Waals surface area contributed by atoms with Gasteiger partial charge in [-0.15, -0.1) is 0 Å². The van der Waals surface area contributed by atoms with Crippen LogP contribution in [0.1, 0.15) is 0 Å². The van der Waals surface area contributed by atoms with E-state index in [9.17, 15) is 4.79 Å². The minimum absolute atomic E-state index is 0.0186. The quantitative estimate of drug-likeness (QED) is 0.898. The largest absolute Gasteiger partial charge is 0.388 e. The lowest BCUT2D eigenvalue weighted by Crippen LogP contribution is -2.27. The van der Waals surface area contributed by atoms with E-state index in [0.717, 1.165) is 29.0 Å². The molecule has 0 radical (unpaired) electrons. The van der Waals surface area contributed by atoms with Crippen molar-refractivity contribution >= 4 is 17.4 Å². The van der Waals surface area contributed by atoms with Crippen LogP contribution >= 0.6 is 0 Å².